The zero-order valence-electron chi connectivity index (χ0n) is 53.1. The van der Waals surface area contributed by atoms with Gasteiger partial charge in [0.05, 0.1) is 72.6 Å². The van der Waals surface area contributed by atoms with Gasteiger partial charge in [-0.25, -0.2) is 4.79 Å². The Hall–Kier alpha value is -2.14. The Morgan fingerprint density at radius 3 is 1.41 bits per heavy atom. The van der Waals surface area contributed by atoms with Crippen LogP contribution in [0.2, 0.25) is 0 Å². The fourth-order valence-corrected chi connectivity index (χ4v) is 16.3. The summed E-state index contributed by atoms with van der Waals surface area (Å²) >= 11 is 0. The number of ketones is 1. The molecule has 0 unspecified atom stereocenters. The second kappa shape index (κ2) is 26.6. The summed E-state index contributed by atoms with van der Waals surface area (Å²) in [5, 5.41) is 48.6. The molecule has 3 saturated carbocycles. The van der Waals surface area contributed by atoms with Gasteiger partial charge in [-0.15, -0.1) is 0 Å². The number of carbonyl (C=O) groups is 2. The number of carbonyl (C=O) groups excluding carboxylic acids is 2. The van der Waals surface area contributed by atoms with E-state index >= 15 is 0 Å². The van der Waals surface area contributed by atoms with Crippen molar-refractivity contribution < 1.29 is 106 Å². The maximum Gasteiger partial charge on any atom is 0.330 e. The molecule has 0 bridgehead atoms. The molecule has 0 aromatic rings. The van der Waals surface area contributed by atoms with Crippen molar-refractivity contribution in [3.63, 3.8) is 0 Å². The van der Waals surface area contributed by atoms with E-state index in [1.54, 1.807) is 49.4 Å². The summed E-state index contributed by atoms with van der Waals surface area (Å²) in [6, 6.07) is 0. The lowest BCUT2D eigenvalue weighted by molar-refractivity contribution is -0.352. The van der Waals surface area contributed by atoms with Gasteiger partial charge in [0.15, 0.2) is 37.2 Å². The van der Waals surface area contributed by atoms with Gasteiger partial charge in [0, 0.05) is 79.6 Å². The number of rotatable bonds is 19. The Morgan fingerprint density at radius 2 is 1.00 bits per heavy atom. The standard InChI is InChI=1S/C63H102O22/c1-31(2)32(3)23-48(65)81-47-30-46-59(10)19-18-40(24-39(59)17-20-62(46,68)63(69)22-21-61(67,38(9)64)60(47,63)11)80-49-26-42(71-13)55(34(5)76-49)83-51-28-44(73-15)57(36(7)78-51)85-53-29-45(74-16)58(37(8)79-53)84-52-27-43(72-14)56(35(6)77-52)82-50-25-41(70-12)54(66)33(4)75-50/h17,23,31,33-37,40-47,49-58,66-69H,18-22,24-30H2,1-16H3/b32-23+/t33-,34+,35+,36+,37+,40-,41+,42-,43+,44-,45+,46+,47+,49-,50-,51-,52-,53-,54-,55+,56+,57+,58+,59-,60+,61+,62-,63+/m0/s1. The molecule has 5 saturated heterocycles. The smallest absolute Gasteiger partial charge is 0.330 e. The average molecular weight is 1210 g/mol. The summed E-state index contributed by atoms with van der Waals surface area (Å²) in [6.07, 6.45) is -4.41. The summed E-state index contributed by atoms with van der Waals surface area (Å²) in [4.78, 5) is 27.0. The topological polar surface area (TPSA) is 263 Å². The van der Waals surface area contributed by atoms with Crippen molar-refractivity contribution in [2.75, 3.05) is 35.5 Å². The largest absolute Gasteiger partial charge is 0.458 e. The first-order valence-electron chi connectivity index (χ1n) is 31.2. The van der Waals surface area contributed by atoms with Crippen molar-refractivity contribution in [2.45, 2.75) is 305 Å². The van der Waals surface area contributed by atoms with Crippen LogP contribution in [0.25, 0.3) is 0 Å². The van der Waals surface area contributed by atoms with Crippen molar-refractivity contribution >= 4 is 11.8 Å². The minimum absolute atomic E-state index is 0.0395. The summed E-state index contributed by atoms with van der Waals surface area (Å²) in [7, 11) is 8.13. The molecular weight excluding hydrogens is 1110 g/mol. The Labute approximate surface area is 502 Å². The fourth-order valence-electron chi connectivity index (χ4n) is 16.3. The van der Waals surface area contributed by atoms with Crippen LogP contribution in [0.4, 0.5) is 0 Å². The molecule has 8 fully saturated rings. The van der Waals surface area contributed by atoms with Gasteiger partial charge >= 0.3 is 5.97 Å². The molecule has 0 aromatic carbocycles. The van der Waals surface area contributed by atoms with Gasteiger partial charge in [0.1, 0.15) is 53.4 Å². The Morgan fingerprint density at radius 1 is 0.588 bits per heavy atom. The molecule has 4 N–H and O–H groups in total. The van der Waals surface area contributed by atoms with Crippen LogP contribution in [0.5, 0.6) is 0 Å². The molecule has 0 spiro atoms. The number of aliphatic hydroxyl groups excluding tert-OH is 1. The van der Waals surface area contributed by atoms with E-state index in [-0.39, 0.29) is 43.8 Å². The van der Waals surface area contributed by atoms with Crippen LogP contribution in [-0.2, 0) is 85.4 Å². The Kier molecular flexibility index (Phi) is 21.0. The molecule has 9 aliphatic rings. The van der Waals surface area contributed by atoms with E-state index in [9.17, 15) is 30.0 Å². The van der Waals surface area contributed by atoms with Crippen molar-refractivity contribution in [1.82, 2.24) is 0 Å². The van der Waals surface area contributed by atoms with Gasteiger partial charge in [-0.1, -0.05) is 38.0 Å². The first kappa shape index (κ1) is 67.3. The van der Waals surface area contributed by atoms with E-state index in [1.165, 1.54) is 13.0 Å². The van der Waals surface area contributed by atoms with E-state index < -0.39 is 168 Å². The molecule has 9 rings (SSSR count). The number of hydrogen-bond acceptors (Lipinski definition) is 22. The van der Waals surface area contributed by atoms with Crippen LogP contribution in [0.1, 0.15) is 153 Å². The molecule has 28 atom stereocenters. The zero-order valence-corrected chi connectivity index (χ0v) is 53.1. The first-order chi connectivity index (χ1) is 40.1. The number of fused-ring (bicyclic) bond motifs is 5. The summed E-state index contributed by atoms with van der Waals surface area (Å²) in [6.45, 7) is 20.3. The van der Waals surface area contributed by atoms with Gasteiger partial charge < -0.3 is 96.2 Å². The van der Waals surface area contributed by atoms with E-state index in [1.807, 2.05) is 54.5 Å². The molecule has 0 radical (unpaired) electrons. The van der Waals surface area contributed by atoms with E-state index in [4.69, 9.17) is 75.8 Å². The van der Waals surface area contributed by atoms with E-state index in [0.29, 0.717) is 51.4 Å². The lowest BCUT2D eigenvalue weighted by Gasteiger charge is -2.67. The third-order valence-electron chi connectivity index (χ3n) is 21.9. The molecule has 85 heavy (non-hydrogen) atoms. The maximum atomic E-state index is 13.6. The highest BCUT2D eigenvalue weighted by atomic mass is 16.8. The highest BCUT2D eigenvalue weighted by Crippen LogP contribution is 2.71. The van der Waals surface area contributed by atoms with E-state index in [0.717, 1.165) is 11.1 Å². The number of hydrogen-bond donors (Lipinski definition) is 4. The molecule has 4 aliphatic carbocycles. The van der Waals surface area contributed by atoms with Crippen molar-refractivity contribution in [3.05, 3.63) is 23.3 Å². The Bertz CT molecular complexity index is 2360. The van der Waals surface area contributed by atoms with Gasteiger partial charge in [-0.05, 0) is 112 Å². The molecule has 22 nitrogen and oxygen atoms in total. The molecule has 0 aromatic heterocycles. The second-order valence-electron chi connectivity index (χ2n) is 26.8. The molecule has 22 heteroatoms. The van der Waals surface area contributed by atoms with Gasteiger partial charge in [-0.2, -0.15) is 0 Å². The molecule has 0 amide bonds. The molecular formula is C63H102O22. The number of Topliss-reactive ketones (excluding diaryl/α,β-unsaturated/α-hetero) is 1. The average Bonchev–Trinajstić information content (AvgIpc) is 1.67. The predicted molar refractivity (Wildman–Crippen MR) is 303 cm³/mol. The molecule has 486 valence electrons. The Balaban J connectivity index is 0.778. The third-order valence-corrected chi connectivity index (χ3v) is 21.9. The number of methoxy groups -OCH3 is 5. The monoisotopic (exact) mass is 1210 g/mol. The highest BCUT2D eigenvalue weighted by Gasteiger charge is 2.81. The number of allylic oxidation sites excluding steroid dienone is 1. The first-order valence-corrected chi connectivity index (χ1v) is 31.2. The van der Waals surface area contributed by atoms with Crippen LogP contribution >= 0.6 is 0 Å². The second-order valence-corrected chi connectivity index (χ2v) is 26.8. The normalized spacial score (nSPS) is 49.5. The van der Waals surface area contributed by atoms with Crippen molar-refractivity contribution in [3.8, 4) is 0 Å². The quantitative estimate of drug-likeness (QED) is 0.0691. The zero-order chi connectivity index (χ0) is 61.9. The number of aliphatic hydroxyl groups is 4. The summed E-state index contributed by atoms with van der Waals surface area (Å²) in [5.41, 5.74) is -6.15. The minimum Gasteiger partial charge on any atom is -0.458 e. The van der Waals surface area contributed by atoms with Crippen LogP contribution in [0.3, 0.4) is 0 Å². The van der Waals surface area contributed by atoms with Crippen LogP contribution in [0.15, 0.2) is 23.3 Å². The number of esters is 1. The lowest BCUT2D eigenvalue weighted by Crippen LogP contribution is -2.78. The van der Waals surface area contributed by atoms with Gasteiger partial charge in [-0.3, -0.25) is 4.79 Å². The van der Waals surface area contributed by atoms with Crippen LogP contribution in [0, 0.1) is 22.7 Å². The fraction of sp³-hybridized carbons (Fsp3) is 0.905. The van der Waals surface area contributed by atoms with Gasteiger partial charge in [0.25, 0.3) is 0 Å². The molecule has 5 heterocycles. The van der Waals surface area contributed by atoms with Gasteiger partial charge in [0.2, 0.25) is 0 Å². The van der Waals surface area contributed by atoms with Crippen LogP contribution in [-0.4, -0.2) is 220 Å². The lowest BCUT2D eigenvalue weighted by atomic mass is 9.42. The SMILES string of the molecule is CO[C@H]1C[C@H](O[C@H]2CC[C@@]3(C)C(=CC[C@]4(O)[C@@H]3C[C@@H](OC(=O)/C=C(\C)C(C)C)[C@@]3(C)[C@]4(O)CC[C@@]3(O)C(C)=O)C2)O[C@H](C)[C@H]1O[C@H]1C[C@H](OC)[C@H](O[C@H]2C[C@@H](OC)[C@H](O[C@H]3C[C@@H](OC)[C@H](O[C@H]4C[C@@H](OC)[C@@H](O)[C@H](C)O4)[C@@H](C)O3)[C@@H](C)O2)[C@@H](C)O1. The third kappa shape index (κ3) is 12.6. The summed E-state index contributed by atoms with van der Waals surface area (Å²) < 4.78 is 101. The van der Waals surface area contributed by atoms with Crippen molar-refractivity contribution in [2.24, 2.45) is 22.7 Å². The number of ether oxygens (including phenoxy) is 16. The summed E-state index contributed by atoms with van der Waals surface area (Å²) in [5.74, 6) is -1.63. The van der Waals surface area contributed by atoms with Crippen LogP contribution < -0.4 is 0 Å². The maximum absolute atomic E-state index is 13.6. The van der Waals surface area contributed by atoms with E-state index in [2.05, 4.69) is 6.92 Å². The highest BCUT2D eigenvalue weighted by molar-refractivity contribution is 5.87. The predicted octanol–water partition coefficient (Wildman–Crippen LogP) is 5.66. The molecule has 5 aliphatic heterocycles. The van der Waals surface area contributed by atoms with Crippen molar-refractivity contribution in [1.29, 1.82) is 0 Å². The minimum atomic E-state index is -2.03.